The lowest BCUT2D eigenvalue weighted by Crippen LogP contribution is -3.07. The smallest absolute Gasteiger partial charge is 0.103 e. The topological polar surface area (TPSA) is 4.44 Å². The Kier molecular flexibility index (Phi) is 9.09. The number of benzene rings is 1. The van der Waals surface area contributed by atoms with Gasteiger partial charge in [0.15, 0.2) is 0 Å². The molecule has 0 saturated heterocycles. The SMILES string of the molecule is C=CCCCCCCCC[NH+](C)Cc1ccccc1. The number of quaternary nitrogens is 1. The van der Waals surface area contributed by atoms with Gasteiger partial charge in [-0.1, -0.05) is 55.7 Å². The summed E-state index contributed by atoms with van der Waals surface area (Å²) in [5, 5.41) is 0. The molecule has 19 heavy (non-hydrogen) atoms. The Morgan fingerprint density at radius 1 is 0.947 bits per heavy atom. The number of hydrogen-bond donors (Lipinski definition) is 1. The number of hydrogen-bond acceptors (Lipinski definition) is 0. The van der Waals surface area contributed by atoms with Crippen LogP contribution in [0.3, 0.4) is 0 Å². The average molecular weight is 260 g/mol. The van der Waals surface area contributed by atoms with Crippen molar-refractivity contribution < 1.29 is 4.90 Å². The fourth-order valence-corrected chi connectivity index (χ4v) is 2.46. The molecule has 1 rings (SSSR count). The van der Waals surface area contributed by atoms with Crippen LogP contribution in [0.15, 0.2) is 43.0 Å². The summed E-state index contributed by atoms with van der Waals surface area (Å²) in [6.45, 7) is 6.21. The molecule has 0 radical (unpaired) electrons. The van der Waals surface area contributed by atoms with Gasteiger partial charge in [0.25, 0.3) is 0 Å². The molecule has 0 bridgehead atoms. The Morgan fingerprint density at radius 3 is 2.26 bits per heavy atom. The van der Waals surface area contributed by atoms with Gasteiger partial charge in [-0.2, -0.15) is 0 Å². The van der Waals surface area contributed by atoms with Crippen molar-refractivity contribution in [3.8, 4) is 0 Å². The van der Waals surface area contributed by atoms with E-state index >= 15 is 0 Å². The number of nitrogens with one attached hydrogen (secondary N) is 1. The lowest BCUT2D eigenvalue weighted by molar-refractivity contribution is -0.894. The molecule has 1 nitrogen and oxygen atoms in total. The van der Waals surface area contributed by atoms with Crippen LogP contribution in [-0.4, -0.2) is 13.6 Å². The van der Waals surface area contributed by atoms with Crippen LogP contribution in [0.5, 0.6) is 0 Å². The molecule has 0 aliphatic heterocycles. The van der Waals surface area contributed by atoms with E-state index in [-0.39, 0.29) is 0 Å². The van der Waals surface area contributed by atoms with E-state index in [2.05, 4.69) is 44.0 Å². The molecule has 0 heterocycles. The minimum absolute atomic E-state index is 1.15. The summed E-state index contributed by atoms with van der Waals surface area (Å²) in [4.78, 5) is 1.62. The van der Waals surface area contributed by atoms with Crippen LogP contribution in [0.2, 0.25) is 0 Å². The molecule has 1 heteroatoms. The maximum absolute atomic E-state index is 3.76. The van der Waals surface area contributed by atoms with Gasteiger partial charge >= 0.3 is 0 Å². The van der Waals surface area contributed by atoms with Crippen molar-refractivity contribution in [1.29, 1.82) is 0 Å². The van der Waals surface area contributed by atoms with Crippen LogP contribution in [0.1, 0.15) is 50.5 Å². The second-order valence-electron chi connectivity index (χ2n) is 5.57. The van der Waals surface area contributed by atoms with E-state index in [0.717, 1.165) is 6.54 Å². The van der Waals surface area contributed by atoms with E-state index in [0.29, 0.717) is 0 Å². The minimum atomic E-state index is 1.15. The highest BCUT2D eigenvalue weighted by Crippen LogP contribution is 2.06. The second-order valence-corrected chi connectivity index (χ2v) is 5.57. The minimum Gasteiger partial charge on any atom is -0.334 e. The predicted octanol–water partition coefficient (Wildman–Crippen LogP) is 3.62. The van der Waals surface area contributed by atoms with E-state index in [1.54, 1.807) is 4.90 Å². The molecular weight excluding hydrogens is 230 g/mol. The Labute approximate surface area is 119 Å². The van der Waals surface area contributed by atoms with E-state index in [1.807, 2.05) is 6.08 Å². The van der Waals surface area contributed by atoms with Crippen LogP contribution in [0.4, 0.5) is 0 Å². The molecule has 0 amide bonds. The van der Waals surface area contributed by atoms with Gasteiger partial charge < -0.3 is 4.90 Å². The third-order valence-electron chi connectivity index (χ3n) is 3.61. The molecule has 1 unspecified atom stereocenters. The van der Waals surface area contributed by atoms with Crippen molar-refractivity contribution in [3.63, 3.8) is 0 Å². The summed E-state index contributed by atoms with van der Waals surface area (Å²) in [5.74, 6) is 0. The van der Waals surface area contributed by atoms with Gasteiger partial charge in [0.1, 0.15) is 6.54 Å². The fraction of sp³-hybridized carbons (Fsp3) is 0.556. The molecule has 1 N–H and O–H groups in total. The second kappa shape index (κ2) is 10.8. The molecule has 0 aliphatic carbocycles. The highest BCUT2D eigenvalue weighted by atomic mass is 15.1. The summed E-state index contributed by atoms with van der Waals surface area (Å²) in [6, 6.07) is 10.8. The van der Waals surface area contributed by atoms with Gasteiger partial charge in [0.2, 0.25) is 0 Å². The van der Waals surface area contributed by atoms with Gasteiger partial charge in [0.05, 0.1) is 13.6 Å². The Bertz CT molecular complexity index is 318. The number of unbranched alkanes of at least 4 members (excludes halogenated alkanes) is 6. The van der Waals surface area contributed by atoms with E-state index in [9.17, 15) is 0 Å². The molecule has 1 aromatic carbocycles. The molecule has 106 valence electrons. The monoisotopic (exact) mass is 260 g/mol. The molecule has 0 spiro atoms. The van der Waals surface area contributed by atoms with Crippen LogP contribution < -0.4 is 4.90 Å². The van der Waals surface area contributed by atoms with Gasteiger partial charge in [-0.3, -0.25) is 0 Å². The van der Waals surface area contributed by atoms with Gasteiger partial charge in [-0.05, 0) is 25.7 Å². The molecule has 1 atom stereocenters. The maximum atomic E-state index is 3.76. The summed E-state index contributed by atoms with van der Waals surface area (Å²) in [5.41, 5.74) is 1.45. The van der Waals surface area contributed by atoms with Gasteiger partial charge in [0, 0.05) is 5.56 Å². The van der Waals surface area contributed by atoms with Crippen LogP contribution in [0.25, 0.3) is 0 Å². The first-order chi connectivity index (χ1) is 9.33. The zero-order valence-electron chi connectivity index (χ0n) is 12.5. The average Bonchev–Trinajstić information content (AvgIpc) is 2.43. The summed E-state index contributed by atoms with van der Waals surface area (Å²) < 4.78 is 0. The Morgan fingerprint density at radius 2 is 1.58 bits per heavy atom. The normalized spacial score (nSPS) is 12.3. The predicted molar refractivity (Wildman–Crippen MR) is 84.4 cm³/mol. The van der Waals surface area contributed by atoms with Gasteiger partial charge in [-0.15, -0.1) is 6.58 Å². The van der Waals surface area contributed by atoms with Crippen molar-refractivity contribution in [2.75, 3.05) is 13.6 Å². The van der Waals surface area contributed by atoms with Crippen molar-refractivity contribution >= 4 is 0 Å². The van der Waals surface area contributed by atoms with Gasteiger partial charge in [-0.25, -0.2) is 0 Å². The molecule has 0 saturated carbocycles. The van der Waals surface area contributed by atoms with E-state index < -0.39 is 0 Å². The first-order valence-electron chi connectivity index (χ1n) is 7.79. The van der Waals surface area contributed by atoms with Crippen LogP contribution in [0, 0.1) is 0 Å². The van der Waals surface area contributed by atoms with Crippen LogP contribution in [-0.2, 0) is 6.54 Å². The summed E-state index contributed by atoms with van der Waals surface area (Å²) in [6.07, 6.45) is 11.5. The zero-order chi connectivity index (χ0) is 13.8. The molecular formula is C18H30N+. The highest BCUT2D eigenvalue weighted by Gasteiger charge is 2.02. The Balaban J connectivity index is 1.96. The molecule has 1 aromatic rings. The van der Waals surface area contributed by atoms with Crippen LogP contribution >= 0.6 is 0 Å². The largest absolute Gasteiger partial charge is 0.334 e. The Hall–Kier alpha value is -1.08. The van der Waals surface area contributed by atoms with E-state index in [1.165, 1.54) is 57.1 Å². The quantitative estimate of drug-likeness (QED) is 0.458. The highest BCUT2D eigenvalue weighted by molar-refractivity contribution is 5.13. The molecule has 0 aromatic heterocycles. The lowest BCUT2D eigenvalue weighted by Gasteiger charge is -2.13. The summed E-state index contributed by atoms with van der Waals surface area (Å²) >= 11 is 0. The number of rotatable bonds is 11. The third kappa shape index (κ3) is 8.61. The van der Waals surface area contributed by atoms with Crippen molar-refractivity contribution in [2.24, 2.45) is 0 Å². The first kappa shape index (κ1) is 16.0. The van der Waals surface area contributed by atoms with E-state index in [4.69, 9.17) is 0 Å². The third-order valence-corrected chi connectivity index (χ3v) is 3.61. The molecule has 0 aliphatic rings. The fourth-order valence-electron chi connectivity index (χ4n) is 2.46. The number of allylic oxidation sites excluding steroid dienone is 1. The standard InChI is InChI=1S/C18H29N/c1-3-4-5-6-7-8-9-13-16-19(2)17-18-14-11-10-12-15-18/h3,10-12,14-15H,1,4-9,13,16-17H2,2H3/p+1. The summed E-state index contributed by atoms with van der Waals surface area (Å²) in [7, 11) is 2.30. The maximum Gasteiger partial charge on any atom is 0.103 e. The lowest BCUT2D eigenvalue weighted by atomic mass is 10.1. The zero-order valence-corrected chi connectivity index (χ0v) is 12.5. The molecule has 0 fully saturated rings. The van der Waals surface area contributed by atoms with Crippen molar-refractivity contribution in [2.45, 2.75) is 51.5 Å². The first-order valence-corrected chi connectivity index (χ1v) is 7.79. The van der Waals surface area contributed by atoms with Crippen molar-refractivity contribution in [1.82, 2.24) is 0 Å². The van der Waals surface area contributed by atoms with Crippen molar-refractivity contribution in [3.05, 3.63) is 48.6 Å².